The van der Waals surface area contributed by atoms with Crippen LogP contribution in [0.2, 0.25) is 0 Å². The number of hydrogen-bond acceptors (Lipinski definition) is 3. The zero-order valence-electron chi connectivity index (χ0n) is 8.72. The van der Waals surface area contributed by atoms with E-state index in [-0.39, 0.29) is 11.4 Å². The second-order valence-electron chi connectivity index (χ2n) is 4.43. The van der Waals surface area contributed by atoms with Crippen LogP contribution in [0.4, 0.5) is 0 Å². The molecule has 1 unspecified atom stereocenters. The normalized spacial score (nSPS) is 31.7. The lowest BCUT2D eigenvalue weighted by Gasteiger charge is -2.35. The maximum Gasteiger partial charge on any atom is 0.326 e. The van der Waals surface area contributed by atoms with Crippen LogP contribution in [0, 0.1) is 5.41 Å². The summed E-state index contributed by atoms with van der Waals surface area (Å²) in [6.07, 6.45) is 2.77. The van der Waals surface area contributed by atoms with Crippen molar-refractivity contribution in [2.24, 2.45) is 11.1 Å². The molecule has 1 aliphatic rings. The molecule has 1 rings (SSSR count). The predicted octanol–water partition coefficient (Wildman–Crippen LogP) is 1.46. The zero-order chi connectivity index (χ0) is 10.1. The topological polar surface area (TPSA) is 52.3 Å². The van der Waals surface area contributed by atoms with Gasteiger partial charge in [-0.3, -0.25) is 4.79 Å². The van der Waals surface area contributed by atoms with Crippen molar-refractivity contribution < 1.29 is 9.53 Å². The number of carbonyl (C=O) groups is 1. The van der Waals surface area contributed by atoms with Crippen LogP contribution < -0.4 is 5.73 Å². The molecule has 0 heterocycles. The molecule has 0 spiro atoms. The van der Waals surface area contributed by atoms with Crippen LogP contribution >= 0.6 is 0 Å². The first-order valence-electron chi connectivity index (χ1n) is 4.90. The molecule has 2 N–H and O–H groups in total. The largest absolute Gasteiger partial charge is 0.465 e. The Labute approximate surface area is 79.6 Å². The highest BCUT2D eigenvalue weighted by Crippen LogP contribution is 2.44. The van der Waals surface area contributed by atoms with Crippen molar-refractivity contribution in [3.8, 4) is 0 Å². The van der Waals surface area contributed by atoms with Crippen LogP contribution in [-0.2, 0) is 9.53 Å². The van der Waals surface area contributed by atoms with Crippen LogP contribution in [-0.4, -0.2) is 18.1 Å². The predicted molar refractivity (Wildman–Crippen MR) is 51.2 cm³/mol. The molecule has 0 amide bonds. The minimum atomic E-state index is -0.761. The summed E-state index contributed by atoms with van der Waals surface area (Å²) >= 11 is 0. The number of rotatable bonds is 2. The van der Waals surface area contributed by atoms with Gasteiger partial charge in [0.2, 0.25) is 0 Å². The fourth-order valence-electron chi connectivity index (χ4n) is 2.01. The Hall–Kier alpha value is -0.570. The van der Waals surface area contributed by atoms with E-state index in [2.05, 4.69) is 0 Å². The van der Waals surface area contributed by atoms with Gasteiger partial charge in [-0.15, -0.1) is 0 Å². The van der Waals surface area contributed by atoms with E-state index in [1.165, 1.54) is 0 Å². The van der Waals surface area contributed by atoms with Crippen LogP contribution in [0.3, 0.4) is 0 Å². The first-order chi connectivity index (χ1) is 5.94. The van der Waals surface area contributed by atoms with Gasteiger partial charge in [0.15, 0.2) is 0 Å². The summed E-state index contributed by atoms with van der Waals surface area (Å²) in [5.74, 6) is -0.238. The summed E-state index contributed by atoms with van der Waals surface area (Å²) in [7, 11) is 0. The number of ether oxygens (including phenoxy) is 1. The Morgan fingerprint density at radius 1 is 1.46 bits per heavy atom. The molecule has 76 valence electrons. The molecule has 1 aliphatic carbocycles. The van der Waals surface area contributed by atoms with Crippen LogP contribution in [0.15, 0.2) is 0 Å². The Bertz CT molecular complexity index is 213. The van der Waals surface area contributed by atoms with Gasteiger partial charge in [0.05, 0.1) is 6.61 Å². The maximum absolute atomic E-state index is 11.6. The van der Waals surface area contributed by atoms with Crippen molar-refractivity contribution in [2.75, 3.05) is 6.61 Å². The Kier molecular flexibility index (Phi) is 2.66. The smallest absolute Gasteiger partial charge is 0.326 e. The molecule has 0 bridgehead atoms. The highest BCUT2D eigenvalue weighted by atomic mass is 16.5. The lowest BCUT2D eigenvalue weighted by atomic mass is 9.76. The van der Waals surface area contributed by atoms with Crippen molar-refractivity contribution in [3.05, 3.63) is 0 Å². The molecule has 0 radical (unpaired) electrons. The monoisotopic (exact) mass is 185 g/mol. The van der Waals surface area contributed by atoms with Crippen LogP contribution in [0.25, 0.3) is 0 Å². The van der Waals surface area contributed by atoms with Crippen molar-refractivity contribution in [1.29, 1.82) is 0 Å². The fourth-order valence-corrected chi connectivity index (χ4v) is 2.01. The lowest BCUT2D eigenvalue weighted by Crippen LogP contribution is -2.56. The molecule has 0 aromatic heterocycles. The second-order valence-corrected chi connectivity index (χ2v) is 4.43. The molecule has 1 atom stereocenters. The minimum Gasteiger partial charge on any atom is -0.465 e. The Balaban J connectivity index is 2.80. The third-order valence-corrected chi connectivity index (χ3v) is 3.22. The number of hydrogen-bond donors (Lipinski definition) is 1. The molecule has 0 saturated heterocycles. The summed E-state index contributed by atoms with van der Waals surface area (Å²) < 4.78 is 5.00. The van der Waals surface area contributed by atoms with E-state index in [4.69, 9.17) is 10.5 Å². The first-order valence-corrected chi connectivity index (χ1v) is 4.90. The third kappa shape index (κ3) is 1.57. The standard InChI is InChI=1S/C10H19NO2/c1-4-13-8(12)10(11)7-5-6-9(10,2)3/h4-7,11H2,1-3H3. The molecule has 0 aromatic rings. The van der Waals surface area contributed by atoms with Gasteiger partial charge in [-0.2, -0.15) is 0 Å². The van der Waals surface area contributed by atoms with Gasteiger partial charge >= 0.3 is 5.97 Å². The average molecular weight is 185 g/mol. The highest BCUT2D eigenvalue weighted by molar-refractivity contribution is 5.82. The molecule has 0 aliphatic heterocycles. The van der Waals surface area contributed by atoms with E-state index in [0.717, 1.165) is 19.3 Å². The van der Waals surface area contributed by atoms with E-state index in [9.17, 15) is 4.79 Å². The summed E-state index contributed by atoms with van der Waals surface area (Å²) in [6.45, 7) is 6.30. The third-order valence-electron chi connectivity index (χ3n) is 3.22. The van der Waals surface area contributed by atoms with Gasteiger partial charge in [0.1, 0.15) is 5.54 Å². The molecule has 0 aromatic carbocycles. The van der Waals surface area contributed by atoms with Crippen molar-refractivity contribution >= 4 is 5.97 Å². The summed E-state index contributed by atoms with van der Waals surface area (Å²) in [6, 6.07) is 0. The van der Waals surface area contributed by atoms with Gasteiger partial charge in [-0.1, -0.05) is 20.3 Å². The van der Waals surface area contributed by atoms with Gasteiger partial charge < -0.3 is 10.5 Å². The van der Waals surface area contributed by atoms with E-state index < -0.39 is 5.54 Å². The summed E-state index contributed by atoms with van der Waals surface area (Å²) in [5.41, 5.74) is 5.21. The lowest BCUT2D eigenvalue weighted by molar-refractivity contribution is -0.153. The van der Waals surface area contributed by atoms with Crippen molar-refractivity contribution in [3.63, 3.8) is 0 Å². The van der Waals surface area contributed by atoms with Gasteiger partial charge in [0, 0.05) is 0 Å². The first kappa shape index (κ1) is 10.5. The Morgan fingerprint density at radius 3 is 2.46 bits per heavy atom. The van der Waals surface area contributed by atoms with E-state index in [0.29, 0.717) is 6.61 Å². The van der Waals surface area contributed by atoms with Gasteiger partial charge in [-0.05, 0) is 25.2 Å². The van der Waals surface area contributed by atoms with E-state index >= 15 is 0 Å². The minimum absolute atomic E-state index is 0.126. The molecule has 3 heteroatoms. The molecule has 1 fully saturated rings. The van der Waals surface area contributed by atoms with Crippen LogP contribution in [0.1, 0.15) is 40.0 Å². The van der Waals surface area contributed by atoms with E-state index in [1.54, 1.807) is 0 Å². The summed E-state index contributed by atoms with van der Waals surface area (Å²) in [5, 5.41) is 0. The maximum atomic E-state index is 11.6. The molecule has 3 nitrogen and oxygen atoms in total. The molecule has 13 heavy (non-hydrogen) atoms. The summed E-state index contributed by atoms with van der Waals surface area (Å²) in [4.78, 5) is 11.6. The van der Waals surface area contributed by atoms with Crippen molar-refractivity contribution in [2.45, 2.75) is 45.6 Å². The van der Waals surface area contributed by atoms with Crippen LogP contribution in [0.5, 0.6) is 0 Å². The van der Waals surface area contributed by atoms with Crippen molar-refractivity contribution in [1.82, 2.24) is 0 Å². The highest BCUT2D eigenvalue weighted by Gasteiger charge is 2.52. The number of esters is 1. The fraction of sp³-hybridized carbons (Fsp3) is 0.900. The number of carbonyl (C=O) groups excluding carboxylic acids is 1. The van der Waals surface area contributed by atoms with Gasteiger partial charge in [-0.25, -0.2) is 0 Å². The van der Waals surface area contributed by atoms with E-state index in [1.807, 2.05) is 20.8 Å². The average Bonchev–Trinajstić information content (AvgIpc) is 2.28. The van der Waals surface area contributed by atoms with Gasteiger partial charge in [0.25, 0.3) is 0 Å². The molecular weight excluding hydrogens is 166 g/mol. The number of nitrogens with two attached hydrogens (primary N) is 1. The zero-order valence-corrected chi connectivity index (χ0v) is 8.72. The SMILES string of the molecule is CCOC(=O)C1(N)CCCC1(C)C. The second kappa shape index (κ2) is 3.29. The molecule has 1 saturated carbocycles. The quantitative estimate of drug-likeness (QED) is 0.662. The molecular formula is C10H19NO2. The Morgan fingerprint density at radius 2 is 2.08 bits per heavy atom.